The zero-order valence-corrected chi connectivity index (χ0v) is 14.8. The summed E-state index contributed by atoms with van der Waals surface area (Å²) in [6.45, 7) is -0.246. The van der Waals surface area contributed by atoms with Gasteiger partial charge in [0.2, 0.25) is 5.91 Å². The number of aromatic nitrogens is 2. The lowest BCUT2D eigenvalue weighted by Gasteiger charge is -2.09. The maximum atomic E-state index is 13.8. The van der Waals surface area contributed by atoms with Crippen molar-refractivity contribution in [3.8, 4) is 11.3 Å². The van der Waals surface area contributed by atoms with Crippen molar-refractivity contribution < 1.29 is 9.18 Å². The summed E-state index contributed by atoms with van der Waals surface area (Å²) in [6.07, 6.45) is 1.21. The molecule has 0 atom stereocenters. The first-order valence-corrected chi connectivity index (χ1v) is 8.26. The summed E-state index contributed by atoms with van der Waals surface area (Å²) in [5.74, 6) is -0.916. The van der Waals surface area contributed by atoms with Crippen LogP contribution in [-0.4, -0.2) is 15.5 Å². The highest BCUT2D eigenvalue weighted by Crippen LogP contribution is 2.25. The lowest BCUT2D eigenvalue weighted by Crippen LogP contribution is -2.27. The number of amides is 1. The minimum absolute atomic E-state index is 0.203. The summed E-state index contributed by atoms with van der Waals surface area (Å²) >= 11 is 11.7. The molecule has 0 saturated carbocycles. The van der Waals surface area contributed by atoms with E-state index < -0.39 is 17.3 Å². The molecule has 1 heterocycles. The van der Waals surface area contributed by atoms with Gasteiger partial charge >= 0.3 is 0 Å². The minimum Gasteiger partial charge on any atom is -0.324 e. The van der Waals surface area contributed by atoms with Gasteiger partial charge in [-0.05, 0) is 30.3 Å². The van der Waals surface area contributed by atoms with E-state index in [9.17, 15) is 14.0 Å². The van der Waals surface area contributed by atoms with E-state index in [0.717, 1.165) is 4.57 Å². The number of hydrogen-bond donors (Lipinski definition) is 1. The van der Waals surface area contributed by atoms with E-state index in [1.165, 1.54) is 30.6 Å². The van der Waals surface area contributed by atoms with Crippen molar-refractivity contribution >= 4 is 34.8 Å². The van der Waals surface area contributed by atoms with Gasteiger partial charge in [-0.2, -0.15) is 0 Å². The van der Waals surface area contributed by atoms with E-state index >= 15 is 0 Å². The van der Waals surface area contributed by atoms with Crippen LogP contribution in [0.5, 0.6) is 0 Å². The van der Waals surface area contributed by atoms with Gasteiger partial charge in [-0.1, -0.05) is 35.3 Å². The van der Waals surface area contributed by atoms with E-state index in [4.69, 9.17) is 23.2 Å². The minimum atomic E-state index is -0.477. The number of carbonyl (C=O) groups is 1. The van der Waals surface area contributed by atoms with Crippen LogP contribution in [0.4, 0.5) is 10.1 Å². The number of nitrogens with one attached hydrogen (secondary N) is 1. The fourth-order valence-corrected chi connectivity index (χ4v) is 2.59. The van der Waals surface area contributed by atoms with Crippen molar-refractivity contribution in [2.45, 2.75) is 6.54 Å². The second kappa shape index (κ2) is 7.68. The Morgan fingerprint density at radius 3 is 2.58 bits per heavy atom. The largest absolute Gasteiger partial charge is 0.324 e. The molecule has 1 amide bonds. The Kier molecular flexibility index (Phi) is 5.35. The first-order chi connectivity index (χ1) is 12.4. The lowest BCUT2D eigenvalue weighted by molar-refractivity contribution is -0.116. The fourth-order valence-electron chi connectivity index (χ4n) is 2.29. The Morgan fingerprint density at radius 1 is 1.12 bits per heavy atom. The maximum absolute atomic E-state index is 13.8. The average Bonchev–Trinajstić information content (AvgIpc) is 2.60. The van der Waals surface area contributed by atoms with Gasteiger partial charge in [0.25, 0.3) is 5.56 Å². The molecule has 132 valence electrons. The molecule has 0 aliphatic rings. The summed E-state index contributed by atoms with van der Waals surface area (Å²) < 4.78 is 14.9. The third-order valence-corrected chi connectivity index (χ3v) is 4.29. The molecule has 0 aliphatic heterocycles. The number of rotatable bonds is 4. The van der Waals surface area contributed by atoms with E-state index in [0.29, 0.717) is 15.7 Å². The molecule has 2 aromatic carbocycles. The van der Waals surface area contributed by atoms with Crippen molar-refractivity contribution in [3.63, 3.8) is 0 Å². The topological polar surface area (TPSA) is 64.0 Å². The molecule has 0 radical (unpaired) electrons. The Morgan fingerprint density at radius 2 is 1.88 bits per heavy atom. The predicted molar refractivity (Wildman–Crippen MR) is 99.0 cm³/mol. The highest BCUT2D eigenvalue weighted by atomic mass is 35.5. The van der Waals surface area contributed by atoms with Crippen molar-refractivity contribution in [1.82, 2.24) is 9.55 Å². The normalized spacial score (nSPS) is 10.6. The third kappa shape index (κ3) is 4.09. The smallest absolute Gasteiger partial charge is 0.254 e. The van der Waals surface area contributed by atoms with Crippen molar-refractivity contribution in [2.75, 3.05) is 5.32 Å². The van der Waals surface area contributed by atoms with Gasteiger partial charge in [-0.25, -0.2) is 9.37 Å². The molecule has 1 N–H and O–H groups in total. The molecule has 0 fully saturated rings. The SMILES string of the molecule is O=C(Cn1cnc(-c2ccccc2F)cc1=O)Nc1ccc(Cl)c(Cl)c1. The number of nitrogens with zero attached hydrogens (tertiary/aromatic N) is 2. The zero-order valence-electron chi connectivity index (χ0n) is 13.2. The van der Waals surface area contributed by atoms with Crippen molar-refractivity contribution in [3.05, 3.63) is 81.1 Å². The fraction of sp³-hybridized carbons (Fsp3) is 0.0556. The first kappa shape index (κ1) is 18.1. The van der Waals surface area contributed by atoms with Crippen LogP contribution in [0, 0.1) is 5.82 Å². The summed E-state index contributed by atoms with van der Waals surface area (Å²) in [5, 5.41) is 3.28. The van der Waals surface area contributed by atoms with Crippen LogP contribution < -0.4 is 10.9 Å². The molecule has 0 bridgehead atoms. The van der Waals surface area contributed by atoms with Crippen LogP contribution in [-0.2, 0) is 11.3 Å². The Bertz CT molecular complexity index is 1040. The molecule has 0 saturated heterocycles. The van der Waals surface area contributed by atoms with Gasteiger partial charge in [0.1, 0.15) is 12.4 Å². The molecule has 3 rings (SSSR count). The first-order valence-electron chi connectivity index (χ1n) is 7.50. The van der Waals surface area contributed by atoms with E-state index in [1.54, 1.807) is 24.3 Å². The second-order valence-corrected chi connectivity index (χ2v) is 6.21. The monoisotopic (exact) mass is 391 g/mol. The van der Waals surface area contributed by atoms with Gasteiger partial charge in [-0.3, -0.25) is 14.2 Å². The third-order valence-electron chi connectivity index (χ3n) is 3.55. The van der Waals surface area contributed by atoms with Gasteiger partial charge in [0.05, 0.1) is 22.1 Å². The molecule has 8 heteroatoms. The highest BCUT2D eigenvalue weighted by molar-refractivity contribution is 6.42. The summed E-state index contributed by atoms with van der Waals surface area (Å²) in [5.41, 5.74) is 0.405. The van der Waals surface area contributed by atoms with E-state index in [1.807, 2.05) is 0 Å². The molecule has 5 nitrogen and oxygen atoms in total. The molecule has 0 aliphatic carbocycles. The van der Waals surface area contributed by atoms with Gasteiger partial charge in [0, 0.05) is 17.3 Å². The highest BCUT2D eigenvalue weighted by Gasteiger charge is 2.10. The van der Waals surface area contributed by atoms with Crippen molar-refractivity contribution in [1.29, 1.82) is 0 Å². The molecule has 3 aromatic rings. The molecular formula is C18H12Cl2FN3O2. The number of halogens is 3. The van der Waals surface area contributed by atoms with Crippen molar-refractivity contribution in [2.24, 2.45) is 0 Å². The maximum Gasteiger partial charge on any atom is 0.254 e. The van der Waals surface area contributed by atoms with E-state index in [2.05, 4.69) is 10.3 Å². The van der Waals surface area contributed by atoms with Crippen LogP contribution >= 0.6 is 23.2 Å². The summed E-state index contributed by atoms with van der Waals surface area (Å²) in [6, 6.07) is 11.8. The Labute approximate surface area is 158 Å². The zero-order chi connectivity index (χ0) is 18.7. The quantitative estimate of drug-likeness (QED) is 0.730. The number of hydrogen-bond acceptors (Lipinski definition) is 3. The summed E-state index contributed by atoms with van der Waals surface area (Å²) in [4.78, 5) is 28.4. The molecular weight excluding hydrogens is 380 g/mol. The summed E-state index contributed by atoms with van der Waals surface area (Å²) in [7, 11) is 0. The molecule has 26 heavy (non-hydrogen) atoms. The molecule has 0 spiro atoms. The number of benzene rings is 2. The lowest BCUT2D eigenvalue weighted by atomic mass is 10.1. The number of carbonyl (C=O) groups excluding carboxylic acids is 1. The van der Waals surface area contributed by atoms with Gasteiger partial charge in [-0.15, -0.1) is 0 Å². The van der Waals surface area contributed by atoms with Crippen LogP contribution in [0.2, 0.25) is 10.0 Å². The van der Waals surface area contributed by atoms with Crippen LogP contribution in [0.3, 0.4) is 0 Å². The standard InChI is InChI=1S/C18H12Cl2FN3O2/c19-13-6-5-11(7-14(13)20)23-17(25)9-24-10-22-16(8-18(24)26)12-3-1-2-4-15(12)21/h1-8,10H,9H2,(H,23,25). The predicted octanol–water partition coefficient (Wildman–Crippen LogP) is 3.99. The van der Waals surface area contributed by atoms with Gasteiger partial charge in [0.15, 0.2) is 0 Å². The molecule has 1 aromatic heterocycles. The van der Waals surface area contributed by atoms with Crippen LogP contribution in [0.15, 0.2) is 59.7 Å². The number of anilines is 1. The second-order valence-electron chi connectivity index (χ2n) is 5.40. The van der Waals surface area contributed by atoms with Crippen LogP contribution in [0.25, 0.3) is 11.3 Å². The molecule has 0 unspecified atom stereocenters. The van der Waals surface area contributed by atoms with E-state index in [-0.39, 0.29) is 17.8 Å². The Balaban J connectivity index is 1.76. The average molecular weight is 392 g/mol. The Hall–Kier alpha value is -2.70. The van der Waals surface area contributed by atoms with Crippen LogP contribution in [0.1, 0.15) is 0 Å². The van der Waals surface area contributed by atoms with Gasteiger partial charge < -0.3 is 5.32 Å².